The van der Waals surface area contributed by atoms with Gasteiger partial charge in [-0.2, -0.15) is 0 Å². The van der Waals surface area contributed by atoms with Gasteiger partial charge in [0.25, 0.3) is 0 Å². The van der Waals surface area contributed by atoms with Crippen molar-refractivity contribution in [2.45, 2.75) is 30.7 Å². The van der Waals surface area contributed by atoms with Crippen LogP contribution in [0.2, 0.25) is 0 Å². The zero-order chi connectivity index (χ0) is 20.3. The third kappa shape index (κ3) is 4.96. The summed E-state index contributed by atoms with van der Waals surface area (Å²) in [6.45, 7) is -0.631. The highest BCUT2D eigenvalue weighted by molar-refractivity contribution is 7.46. The summed E-state index contributed by atoms with van der Waals surface area (Å²) in [6.07, 6.45) is -7.70. The number of aliphatic hydroxyl groups excluding tert-OH is 3. The molecule has 5 atom stereocenters. The molecule has 1 saturated heterocycles. The quantitative estimate of drug-likeness (QED) is 0.432. The first-order valence-electron chi connectivity index (χ1n) is 8.47. The van der Waals surface area contributed by atoms with Crippen molar-refractivity contribution < 1.29 is 43.7 Å². The Morgan fingerprint density at radius 1 is 0.929 bits per heavy atom. The first-order chi connectivity index (χ1) is 13.3. The molecule has 1 heterocycles. The Balaban J connectivity index is 1.79. The summed E-state index contributed by atoms with van der Waals surface area (Å²) in [5.41, 5.74) is 1.91. The zero-order valence-electron chi connectivity index (χ0n) is 14.6. The molecule has 0 spiro atoms. The molecule has 3 rings (SSSR count). The molecule has 0 aromatic heterocycles. The maximum Gasteiger partial charge on any atom is 0.470 e. The van der Waals surface area contributed by atoms with Crippen LogP contribution in [-0.4, -0.2) is 62.4 Å². The van der Waals surface area contributed by atoms with Crippen LogP contribution >= 0.6 is 7.82 Å². The maximum absolute atomic E-state index is 11.2. The average Bonchev–Trinajstić information content (AvgIpc) is 2.68. The van der Waals surface area contributed by atoms with Gasteiger partial charge in [0.1, 0.15) is 24.1 Å². The van der Waals surface area contributed by atoms with E-state index in [0.29, 0.717) is 0 Å². The summed E-state index contributed by atoms with van der Waals surface area (Å²) in [5.74, 6) is 0.282. The van der Waals surface area contributed by atoms with Crippen LogP contribution in [-0.2, 0) is 13.8 Å². The summed E-state index contributed by atoms with van der Waals surface area (Å²) in [5, 5.41) is 29.4. The second kappa shape index (κ2) is 8.69. The molecular weight excluding hydrogens is 391 g/mol. The second-order valence-electron chi connectivity index (χ2n) is 6.28. The Labute approximate surface area is 161 Å². The predicted octanol–water partition coefficient (Wildman–Crippen LogP) is 0.649. The van der Waals surface area contributed by atoms with Gasteiger partial charge in [0.05, 0.1) is 6.61 Å². The van der Waals surface area contributed by atoms with Crippen molar-refractivity contribution in [2.24, 2.45) is 0 Å². The molecule has 0 amide bonds. The number of hydrogen-bond donors (Lipinski definition) is 5. The number of rotatable bonds is 6. The van der Waals surface area contributed by atoms with Gasteiger partial charge in [-0.25, -0.2) is 4.57 Å². The fourth-order valence-electron chi connectivity index (χ4n) is 2.91. The molecule has 1 fully saturated rings. The summed E-state index contributed by atoms with van der Waals surface area (Å²) >= 11 is 0. The Bertz CT molecular complexity index is 808. The third-order valence-electron chi connectivity index (χ3n) is 4.30. The van der Waals surface area contributed by atoms with Crippen LogP contribution in [0.1, 0.15) is 0 Å². The summed E-state index contributed by atoms with van der Waals surface area (Å²) < 4.78 is 26.7. The molecule has 5 N–H and O–H groups in total. The van der Waals surface area contributed by atoms with Gasteiger partial charge in [0, 0.05) is 0 Å². The van der Waals surface area contributed by atoms with E-state index in [0.717, 1.165) is 11.1 Å². The fourth-order valence-corrected chi connectivity index (χ4v) is 3.45. The molecule has 1 aliphatic heterocycles. The normalized spacial score (nSPS) is 28.1. The van der Waals surface area contributed by atoms with Gasteiger partial charge in [-0.15, -0.1) is 0 Å². The van der Waals surface area contributed by atoms with E-state index in [1.807, 2.05) is 30.3 Å². The minimum absolute atomic E-state index is 0.282. The number of benzene rings is 2. The monoisotopic (exact) mass is 412 g/mol. The summed E-state index contributed by atoms with van der Waals surface area (Å²) in [4.78, 5) is 18.2. The molecule has 2 aromatic rings. The van der Waals surface area contributed by atoms with Crippen LogP contribution in [0.25, 0.3) is 11.1 Å². The first-order valence-corrected chi connectivity index (χ1v) is 10.00. The molecule has 0 unspecified atom stereocenters. The molecule has 2 aromatic carbocycles. The largest absolute Gasteiger partial charge is 0.470 e. The van der Waals surface area contributed by atoms with Crippen molar-refractivity contribution in [1.82, 2.24) is 0 Å². The van der Waals surface area contributed by atoms with Crippen molar-refractivity contribution in [2.75, 3.05) is 6.61 Å². The molecule has 10 heteroatoms. The Kier molecular flexibility index (Phi) is 6.49. The Morgan fingerprint density at radius 3 is 2.11 bits per heavy atom. The lowest BCUT2D eigenvalue weighted by Gasteiger charge is -2.41. The van der Waals surface area contributed by atoms with Crippen molar-refractivity contribution in [3.05, 3.63) is 54.6 Å². The fraction of sp³-hybridized carbons (Fsp3) is 0.333. The maximum atomic E-state index is 11.2. The molecule has 28 heavy (non-hydrogen) atoms. The SMILES string of the molecule is O=P(O)(O)O[C@@H]1[C@@H](Oc2ccc(-c3ccccc3)cc2)O[C@H](CO)[C@@H](O)[C@@H]1O. The number of phosphoric ester groups is 1. The highest BCUT2D eigenvalue weighted by Crippen LogP contribution is 2.41. The predicted molar refractivity (Wildman–Crippen MR) is 97.2 cm³/mol. The van der Waals surface area contributed by atoms with Crippen LogP contribution in [0.4, 0.5) is 0 Å². The van der Waals surface area contributed by atoms with Gasteiger partial charge in [-0.3, -0.25) is 4.52 Å². The van der Waals surface area contributed by atoms with Gasteiger partial charge >= 0.3 is 7.82 Å². The Hall–Kier alpha value is -1.81. The van der Waals surface area contributed by atoms with Crippen molar-refractivity contribution in [3.8, 4) is 16.9 Å². The van der Waals surface area contributed by atoms with E-state index in [9.17, 15) is 19.9 Å². The van der Waals surface area contributed by atoms with Crippen molar-refractivity contribution >= 4 is 7.82 Å². The van der Waals surface area contributed by atoms with Crippen LogP contribution < -0.4 is 4.74 Å². The molecule has 0 radical (unpaired) electrons. The Morgan fingerprint density at radius 2 is 1.54 bits per heavy atom. The first kappa shape index (κ1) is 20.9. The molecule has 9 nitrogen and oxygen atoms in total. The lowest BCUT2D eigenvalue weighted by atomic mass is 9.99. The van der Waals surface area contributed by atoms with E-state index >= 15 is 0 Å². The van der Waals surface area contributed by atoms with Crippen LogP contribution in [0.15, 0.2) is 54.6 Å². The zero-order valence-corrected chi connectivity index (χ0v) is 15.5. The van der Waals surface area contributed by atoms with Gasteiger partial charge in [0.15, 0.2) is 6.10 Å². The minimum Gasteiger partial charge on any atom is -0.462 e. The van der Waals surface area contributed by atoms with E-state index in [-0.39, 0.29) is 5.75 Å². The van der Waals surface area contributed by atoms with E-state index in [4.69, 9.17) is 19.3 Å². The smallest absolute Gasteiger partial charge is 0.462 e. The number of phosphoric acid groups is 1. The number of aliphatic hydroxyl groups is 3. The topological polar surface area (TPSA) is 146 Å². The summed E-state index contributed by atoms with van der Waals surface area (Å²) in [6, 6.07) is 16.4. The highest BCUT2D eigenvalue weighted by Gasteiger charge is 2.48. The van der Waals surface area contributed by atoms with Gasteiger partial charge in [-0.1, -0.05) is 42.5 Å². The van der Waals surface area contributed by atoms with E-state index < -0.39 is 45.1 Å². The molecule has 0 saturated carbocycles. The lowest BCUT2D eigenvalue weighted by Crippen LogP contribution is -2.60. The molecule has 0 aliphatic carbocycles. The van der Waals surface area contributed by atoms with Crippen LogP contribution in [0.5, 0.6) is 5.75 Å². The van der Waals surface area contributed by atoms with Gasteiger partial charge in [-0.05, 0) is 23.3 Å². The molecular formula is C18H21O9P. The van der Waals surface area contributed by atoms with E-state index in [1.165, 1.54) is 0 Å². The van der Waals surface area contributed by atoms with Gasteiger partial charge < -0.3 is 34.6 Å². The molecule has 0 bridgehead atoms. The number of ether oxygens (including phenoxy) is 2. The standard InChI is InChI=1S/C18H21O9P/c19-10-14-15(20)16(21)17(27-28(22,23)24)18(26-14)25-13-8-6-12(7-9-13)11-4-2-1-3-5-11/h1-9,14-21H,10H2,(H2,22,23,24)/t14-,15-,16+,17+,18+/m1/s1. The third-order valence-corrected chi connectivity index (χ3v) is 4.82. The number of hydrogen-bond acceptors (Lipinski definition) is 7. The van der Waals surface area contributed by atoms with E-state index in [1.54, 1.807) is 24.3 Å². The van der Waals surface area contributed by atoms with Crippen molar-refractivity contribution in [1.29, 1.82) is 0 Å². The highest BCUT2D eigenvalue weighted by atomic mass is 31.2. The minimum atomic E-state index is -5.01. The van der Waals surface area contributed by atoms with Crippen LogP contribution in [0, 0.1) is 0 Å². The summed E-state index contributed by atoms with van der Waals surface area (Å²) in [7, 11) is -5.01. The van der Waals surface area contributed by atoms with E-state index in [2.05, 4.69) is 4.52 Å². The van der Waals surface area contributed by atoms with Gasteiger partial charge in [0.2, 0.25) is 6.29 Å². The lowest BCUT2D eigenvalue weighted by molar-refractivity contribution is -0.273. The van der Waals surface area contributed by atoms with Crippen molar-refractivity contribution in [3.63, 3.8) is 0 Å². The molecule has 152 valence electrons. The van der Waals surface area contributed by atoms with Crippen LogP contribution in [0.3, 0.4) is 0 Å². The second-order valence-corrected chi connectivity index (χ2v) is 7.47. The molecule has 1 aliphatic rings. The average molecular weight is 412 g/mol.